The smallest absolute Gasteiger partial charge is 0.220 e. The zero-order chi connectivity index (χ0) is 14.9. The standard InChI is InChI=1S/C19H27NO/c1-14(2)12-17-19(13-18(21)20-17)10-8-16(9-11-19)15-6-4-3-5-7-15/h3-7,14,16-17H,8-13H2,1-2H3,(H,20,21). The third kappa shape index (κ3) is 3.00. The van der Waals surface area contributed by atoms with Crippen molar-refractivity contribution in [3.63, 3.8) is 0 Å². The lowest BCUT2D eigenvalue weighted by atomic mass is 9.64. The van der Waals surface area contributed by atoms with E-state index in [9.17, 15) is 4.79 Å². The van der Waals surface area contributed by atoms with Crippen LogP contribution in [-0.2, 0) is 4.79 Å². The molecule has 1 atom stereocenters. The molecule has 1 amide bonds. The quantitative estimate of drug-likeness (QED) is 0.883. The number of hydrogen-bond donors (Lipinski definition) is 1. The number of rotatable bonds is 3. The van der Waals surface area contributed by atoms with Gasteiger partial charge < -0.3 is 5.32 Å². The molecule has 0 radical (unpaired) electrons. The van der Waals surface area contributed by atoms with Crippen molar-refractivity contribution in [2.24, 2.45) is 11.3 Å². The van der Waals surface area contributed by atoms with Crippen molar-refractivity contribution in [2.75, 3.05) is 0 Å². The van der Waals surface area contributed by atoms with Gasteiger partial charge in [-0.3, -0.25) is 4.79 Å². The first-order chi connectivity index (χ1) is 10.1. The Hall–Kier alpha value is -1.31. The molecule has 1 saturated heterocycles. The second-order valence-corrected chi connectivity index (χ2v) is 7.47. The summed E-state index contributed by atoms with van der Waals surface area (Å²) >= 11 is 0. The Kier molecular flexibility index (Phi) is 4.05. The number of benzene rings is 1. The minimum Gasteiger partial charge on any atom is -0.353 e. The van der Waals surface area contributed by atoms with Gasteiger partial charge in [0, 0.05) is 12.5 Å². The van der Waals surface area contributed by atoms with E-state index in [2.05, 4.69) is 49.5 Å². The lowest BCUT2D eigenvalue weighted by Gasteiger charge is -2.41. The highest BCUT2D eigenvalue weighted by Crippen LogP contribution is 2.50. The predicted molar refractivity (Wildman–Crippen MR) is 86.1 cm³/mol. The summed E-state index contributed by atoms with van der Waals surface area (Å²) in [6.45, 7) is 4.52. The van der Waals surface area contributed by atoms with Gasteiger partial charge in [-0.2, -0.15) is 0 Å². The molecule has 21 heavy (non-hydrogen) atoms. The van der Waals surface area contributed by atoms with Crippen LogP contribution in [0.4, 0.5) is 0 Å². The molecule has 114 valence electrons. The molecule has 2 heteroatoms. The van der Waals surface area contributed by atoms with Crippen LogP contribution < -0.4 is 5.32 Å². The molecule has 0 bridgehead atoms. The molecular formula is C19H27NO. The Balaban J connectivity index is 1.69. The number of nitrogens with one attached hydrogen (secondary N) is 1. The lowest BCUT2D eigenvalue weighted by molar-refractivity contribution is -0.119. The number of carbonyl (C=O) groups excluding carboxylic acids is 1. The molecule has 1 aromatic rings. The largest absolute Gasteiger partial charge is 0.353 e. The Morgan fingerprint density at radius 1 is 1.19 bits per heavy atom. The molecule has 1 saturated carbocycles. The SMILES string of the molecule is CC(C)CC1NC(=O)CC12CCC(c1ccccc1)CC2. The summed E-state index contributed by atoms with van der Waals surface area (Å²) in [5.41, 5.74) is 1.72. The van der Waals surface area contributed by atoms with Crippen LogP contribution in [0.1, 0.15) is 63.9 Å². The lowest BCUT2D eigenvalue weighted by Crippen LogP contribution is -2.40. The molecule has 1 N–H and O–H groups in total. The third-order valence-corrected chi connectivity index (χ3v) is 5.55. The zero-order valence-corrected chi connectivity index (χ0v) is 13.3. The van der Waals surface area contributed by atoms with Crippen LogP contribution in [0.15, 0.2) is 30.3 Å². The molecule has 2 aliphatic rings. The van der Waals surface area contributed by atoms with Crippen molar-refractivity contribution in [1.82, 2.24) is 5.32 Å². The summed E-state index contributed by atoms with van der Waals surface area (Å²) in [7, 11) is 0. The molecule has 1 aliphatic carbocycles. The fraction of sp³-hybridized carbons (Fsp3) is 0.632. The van der Waals surface area contributed by atoms with E-state index in [-0.39, 0.29) is 11.3 Å². The molecule has 1 unspecified atom stereocenters. The van der Waals surface area contributed by atoms with Crippen LogP contribution in [0.25, 0.3) is 0 Å². The second-order valence-electron chi connectivity index (χ2n) is 7.47. The van der Waals surface area contributed by atoms with Crippen LogP contribution in [0.2, 0.25) is 0 Å². The van der Waals surface area contributed by atoms with Crippen molar-refractivity contribution < 1.29 is 4.79 Å². The molecule has 1 aromatic carbocycles. The normalized spacial score (nSPS) is 32.6. The average molecular weight is 285 g/mol. The summed E-state index contributed by atoms with van der Waals surface area (Å²) in [6.07, 6.45) is 6.74. The second kappa shape index (κ2) is 5.82. The van der Waals surface area contributed by atoms with E-state index >= 15 is 0 Å². The van der Waals surface area contributed by atoms with Gasteiger partial charge in [-0.1, -0.05) is 44.2 Å². The van der Waals surface area contributed by atoms with Gasteiger partial charge in [0.2, 0.25) is 5.91 Å². The van der Waals surface area contributed by atoms with E-state index in [0.29, 0.717) is 17.9 Å². The van der Waals surface area contributed by atoms with Gasteiger partial charge in [0.1, 0.15) is 0 Å². The summed E-state index contributed by atoms with van der Waals surface area (Å²) in [5.74, 6) is 1.61. The van der Waals surface area contributed by atoms with Crippen molar-refractivity contribution in [3.8, 4) is 0 Å². The van der Waals surface area contributed by atoms with Crippen molar-refractivity contribution in [3.05, 3.63) is 35.9 Å². The molecule has 3 rings (SSSR count). The van der Waals surface area contributed by atoms with E-state index < -0.39 is 0 Å². The van der Waals surface area contributed by atoms with Gasteiger partial charge in [0.15, 0.2) is 0 Å². The summed E-state index contributed by atoms with van der Waals surface area (Å²) in [5, 5.41) is 3.26. The maximum atomic E-state index is 11.9. The van der Waals surface area contributed by atoms with E-state index in [1.807, 2.05) is 0 Å². The number of amides is 1. The summed E-state index contributed by atoms with van der Waals surface area (Å²) in [4.78, 5) is 11.9. The number of carbonyl (C=O) groups is 1. The average Bonchev–Trinajstić information content (AvgIpc) is 2.75. The van der Waals surface area contributed by atoms with Crippen LogP contribution >= 0.6 is 0 Å². The fourth-order valence-corrected chi connectivity index (χ4v) is 4.40. The van der Waals surface area contributed by atoms with Crippen LogP contribution in [-0.4, -0.2) is 11.9 Å². The van der Waals surface area contributed by atoms with Gasteiger partial charge in [-0.25, -0.2) is 0 Å². The van der Waals surface area contributed by atoms with Crippen molar-refractivity contribution in [2.45, 2.75) is 64.3 Å². The predicted octanol–water partition coefficient (Wildman–Crippen LogP) is 4.27. The molecule has 1 spiro atoms. The zero-order valence-electron chi connectivity index (χ0n) is 13.3. The van der Waals surface area contributed by atoms with E-state index in [4.69, 9.17) is 0 Å². The van der Waals surface area contributed by atoms with Crippen molar-refractivity contribution in [1.29, 1.82) is 0 Å². The van der Waals surface area contributed by atoms with Gasteiger partial charge in [-0.15, -0.1) is 0 Å². The van der Waals surface area contributed by atoms with Gasteiger partial charge in [0.25, 0.3) is 0 Å². The van der Waals surface area contributed by atoms with Crippen LogP contribution in [0.3, 0.4) is 0 Å². The van der Waals surface area contributed by atoms with Gasteiger partial charge >= 0.3 is 0 Å². The van der Waals surface area contributed by atoms with E-state index in [1.165, 1.54) is 31.2 Å². The number of hydrogen-bond acceptors (Lipinski definition) is 1. The molecular weight excluding hydrogens is 258 g/mol. The Bertz CT molecular complexity index is 486. The highest BCUT2D eigenvalue weighted by atomic mass is 16.2. The van der Waals surface area contributed by atoms with E-state index in [0.717, 1.165) is 12.8 Å². The summed E-state index contributed by atoms with van der Waals surface area (Å²) in [6, 6.07) is 11.3. The first-order valence-corrected chi connectivity index (χ1v) is 8.43. The Labute approximate surface area is 128 Å². The molecule has 0 aromatic heterocycles. The third-order valence-electron chi connectivity index (χ3n) is 5.55. The highest BCUT2D eigenvalue weighted by Gasteiger charge is 2.48. The molecule has 2 fully saturated rings. The maximum Gasteiger partial charge on any atom is 0.220 e. The monoisotopic (exact) mass is 285 g/mol. The first-order valence-electron chi connectivity index (χ1n) is 8.43. The summed E-state index contributed by atoms with van der Waals surface area (Å²) < 4.78 is 0. The Morgan fingerprint density at radius 2 is 1.86 bits per heavy atom. The minimum atomic E-state index is 0.243. The van der Waals surface area contributed by atoms with E-state index in [1.54, 1.807) is 0 Å². The first kappa shape index (κ1) is 14.6. The molecule has 1 heterocycles. The topological polar surface area (TPSA) is 29.1 Å². The fourth-order valence-electron chi connectivity index (χ4n) is 4.40. The van der Waals surface area contributed by atoms with Gasteiger partial charge in [-0.05, 0) is 54.9 Å². The minimum absolute atomic E-state index is 0.243. The van der Waals surface area contributed by atoms with Crippen LogP contribution in [0.5, 0.6) is 0 Å². The van der Waals surface area contributed by atoms with Crippen LogP contribution in [0, 0.1) is 11.3 Å². The molecule has 1 aliphatic heterocycles. The van der Waals surface area contributed by atoms with Crippen molar-refractivity contribution >= 4 is 5.91 Å². The van der Waals surface area contributed by atoms with Gasteiger partial charge in [0.05, 0.1) is 0 Å². The maximum absolute atomic E-state index is 11.9. The Morgan fingerprint density at radius 3 is 2.48 bits per heavy atom. The highest BCUT2D eigenvalue weighted by molar-refractivity contribution is 5.80. The molecule has 2 nitrogen and oxygen atoms in total.